The molecule has 0 unspecified atom stereocenters. The van der Waals surface area contributed by atoms with Gasteiger partial charge in [-0.1, -0.05) is 34.1 Å². The average Bonchev–Trinajstić information content (AvgIpc) is 2.57. The number of hydrogen-bond donors (Lipinski definition) is 0. The lowest BCUT2D eigenvalue weighted by Crippen LogP contribution is -1.83. The summed E-state index contributed by atoms with van der Waals surface area (Å²) in [4.78, 5) is 0. The van der Waals surface area contributed by atoms with Crippen LogP contribution >= 0.6 is 15.9 Å². The second kappa shape index (κ2) is 2.48. The molecule has 3 rings (SSSR count). The third-order valence-corrected chi connectivity index (χ3v) is 3.11. The van der Waals surface area contributed by atoms with Crippen LogP contribution in [0.3, 0.4) is 0 Å². The summed E-state index contributed by atoms with van der Waals surface area (Å²) in [7, 11) is 0. The van der Waals surface area contributed by atoms with Crippen molar-refractivity contribution in [3.63, 3.8) is 0 Å². The van der Waals surface area contributed by atoms with E-state index in [1.165, 1.54) is 16.3 Å². The van der Waals surface area contributed by atoms with E-state index in [2.05, 4.69) is 34.1 Å². The van der Waals surface area contributed by atoms with Crippen LogP contribution in [0.15, 0.2) is 34.8 Å². The lowest BCUT2D eigenvalue weighted by Gasteiger charge is -2.00. The molecule has 1 nitrogen and oxygen atoms in total. The Morgan fingerprint density at radius 3 is 3.00 bits per heavy atom. The zero-order valence-corrected chi connectivity index (χ0v) is 8.47. The molecule has 0 radical (unpaired) electrons. The highest BCUT2D eigenvalue weighted by Crippen LogP contribution is 2.38. The molecule has 0 saturated carbocycles. The van der Waals surface area contributed by atoms with Gasteiger partial charge in [0.05, 0.1) is 0 Å². The minimum Gasteiger partial charge on any atom is -0.488 e. The summed E-state index contributed by atoms with van der Waals surface area (Å²) in [5.41, 5.74) is 1.29. The third kappa shape index (κ3) is 0.923. The molecule has 1 heterocycles. The van der Waals surface area contributed by atoms with Crippen molar-refractivity contribution in [3.8, 4) is 5.75 Å². The van der Waals surface area contributed by atoms with Crippen molar-refractivity contribution in [2.45, 2.75) is 6.61 Å². The smallest absolute Gasteiger partial charge is 0.128 e. The van der Waals surface area contributed by atoms with E-state index in [1.807, 2.05) is 12.1 Å². The van der Waals surface area contributed by atoms with Crippen LogP contribution in [0.25, 0.3) is 10.8 Å². The lowest BCUT2D eigenvalue weighted by atomic mass is 10.1. The molecule has 0 spiro atoms. The van der Waals surface area contributed by atoms with E-state index < -0.39 is 0 Å². The number of halogens is 1. The molecule has 2 aromatic carbocycles. The molecule has 0 N–H and O–H groups in total. The van der Waals surface area contributed by atoms with Gasteiger partial charge >= 0.3 is 0 Å². The normalized spacial score (nSPS) is 13.3. The van der Waals surface area contributed by atoms with Gasteiger partial charge in [-0.3, -0.25) is 0 Å². The predicted octanol–water partition coefficient (Wildman–Crippen LogP) is 3.49. The van der Waals surface area contributed by atoms with Crippen molar-refractivity contribution >= 4 is 26.7 Å². The first-order valence-corrected chi connectivity index (χ1v) is 4.98. The molecule has 2 aromatic rings. The first-order chi connectivity index (χ1) is 6.36. The Morgan fingerprint density at radius 2 is 2.08 bits per heavy atom. The van der Waals surface area contributed by atoms with Gasteiger partial charge in [0.2, 0.25) is 0 Å². The molecule has 1 aliphatic heterocycles. The largest absolute Gasteiger partial charge is 0.488 e. The molecule has 0 bridgehead atoms. The molecule has 0 amide bonds. The van der Waals surface area contributed by atoms with Crippen LogP contribution in [0.2, 0.25) is 0 Å². The minimum absolute atomic E-state index is 0.711. The average molecular weight is 235 g/mol. The van der Waals surface area contributed by atoms with Crippen LogP contribution in [-0.4, -0.2) is 0 Å². The van der Waals surface area contributed by atoms with Crippen molar-refractivity contribution in [3.05, 3.63) is 40.4 Å². The predicted molar refractivity (Wildman–Crippen MR) is 56.0 cm³/mol. The zero-order chi connectivity index (χ0) is 8.84. The molecular weight excluding hydrogens is 228 g/mol. The van der Waals surface area contributed by atoms with Crippen LogP contribution in [0, 0.1) is 0 Å². The number of hydrogen-bond acceptors (Lipinski definition) is 1. The zero-order valence-electron chi connectivity index (χ0n) is 6.88. The summed E-state index contributed by atoms with van der Waals surface area (Å²) in [5, 5.41) is 2.50. The van der Waals surface area contributed by atoms with Gasteiger partial charge in [0.15, 0.2) is 0 Å². The summed E-state index contributed by atoms with van der Waals surface area (Å²) in [6.07, 6.45) is 0. The third-order valence-electron chi connectivity index (χ3n) is 2.42. The van der Waals surface area contributed by atoms with Gasteiger partial charge in [-0.2, -0.15) is 0 Å². The molecule has 0 aliphatic carbocycles. The second-order valence-corrected chi connectivity index (χ2v) is 4.03. The molecular formula is C11H7BrO. The second-order valence-electron chi connectivity index (χ2n) is 3.17. The van der Waals surface area contributed by atoms with Crippen molar-refractivity contribution in [1.29, 1.82) is 0 Å². The van der Waals surface area contributed by atoms with Gasteiger partial charge in [-0.25, -0.2) is 0 Å². The van der Waals surface area contributed by atoms with Crippen LogP contribution in [0.4, 0.5) is 0 Å². The molecule has 0 fully saturated rings. The standard InChI is InChI=1S/C11H7BrO/c12-9-5-4-7-6-13-10-3-1-2-8(9)11(7)10/h1-5H,6H2. The van der Waals surface area contributed by atoms with Crippen molar-refractivity contribution in [2.75, 3.05) is 0 Å². The maximum Gasteiger partial charge on any atom is 0.128 e. The summed E-state index contributed by atoms with van der Waals surface area (Å²) >= 11 is 3.54. The van der Waals surface area contributed by atoms with E-state index in [0.717, 1.165) is 10.2 Å². The topological polar surface area (TPSA) is 9.23 Å². The first kappa shape index (κ1) is 7.39. The highest BCUT2D eigenvalue weighted by atomic mass is 79.9. The monoisotopic (exact) mass is 234 g/mol. The molecule has 0 atom stereocenters. The highest BCUT2D eigenvalue weighted by molar-refractivity contribution is 9.10. The van der Waals surface area contributed by atoms with Crippen LogP contribution in [0.5, 0.6) is 5.75 Å². The van der Waals surface area contributed by atoms with E-state index in [1.54, 1.807) is 0 Å². The maximum atomic E-state index is 5.55. The molecule has 0 aromatic heterocycles. The fourth-order valence-corrected chi connectivity index (χ4v) is 2.27. The molecule has 1 aliphatic rings. The van der Waals surface area contributed by atoms with Crippen molar-refractivity contribution < 1.29 is 4.74 Å². The maximum absolute atomic E-state index is 5.55. The number of rotatable bonds is 0. The molecule has 2 heteroatoms. The SMILES string of the molecule is Brc1ccc2c3c(cccc13)OC2. The summed E-state index contributed by atoms with van der Waals surface area (Å²) < 4.78 is 6.69. The molecule has 64 valence electrons. The van der Waals surface area contributed by atoms with E-state index >= 15 is 0 Å². The quantitative estimate of drug-likeness (QED) is 0.679. The Balaban J connectivity index is 2.58. The molecule has 13 heavy (non-hydrogen) atoms. The fraction of sp³-hybridized carbons (Fsp3) is 0.0909. The fourth-order valence-electron chi connectivity index (χ4n) is 1.80. The molecule has 0 saturated heterocycles. The van der Waals surface area contributed by atoms with E-state index in [0.29, 0.717) is 6.61 Å². The summed E-state index contributed by atoms with van der Waals surface area (Å²) in [6.45, 7) is 0.711. The van der Waals surface area contributed by atoms with Gasteiger partial charge < -0.3 is 4.74 Å². The Labute approximate surface area is 84.5 Å². The first-order valence-electron chi connectivity index (χ1n) is 4.19. The van der Waals surface area contributed by atoms with Crippen LogP contribution < -0.4 is 4.74 Å². The summed E-state index contributed by atoms with van der Waals surface area (Å²) in [6, 6.07) is 10.4. The lowest BCUT2D eigenvalue weighted by molar-refractivity contribution is 0.327. The Bertz CT molecular complexity index is 480. The van der Waals surface area contributed by atoms with E-state index in [4.69, 9.17) is 4.74 Å². The minimum atomic E-state index is 0.711. The van der Waals surface area contributed by atoms with Gasteiger partial charge in [-0.05, 0) is 17.5 Å². The number of ether oxygens (including phenoxy) is 1. The van der Waals surface area contributed by atoms with Gasteiger partial charge in [0, 0.05) is 15.4 Å². The Hall–Kier alpha value is -1.02. The van der Waals surface area contributed by atoms with Crippen molar-refractivity contribution in [2.24, 2.45) is 0 Å². The highest BCUT2D eigenvalue weighted by Gasteiger charge is 2.15. The van der Waals surface area contributed by atoms with E-state index in [-0.39, 0.29) is 0 Å². The van der Waals surface area contributed by atoms with Gasteiger partial charge in [-0.15, -0.1) is 0 Å². The van der Waals surface area contributed by atoms with Gasteiger partial charge in [0.25, 0.3) is 0 Å². The Kier molecular flexibility index (Phi) is 1.41. The van der Waals surface area contributed by atoms with E-state index in [9.17, 15) is 0 Å². The Morgan fingerprint density at radius 1 is 1.15 bits per heavy atom. The van der Waals surface area contributed by atoms with Gasteiger partial charge in [0.1, 0.15) is 12.4 Å². The van der Waals surface area contributed by atoms with Crippen LogP contribution in [0.1, 0.15) is 5.56 Å². The number of benzene rings is 2. The summed E-state index contributed by atoms with van der Waals surface area (Å²) in [5.74, 6) is 1.01. The van der Waals surface area contributed by atoms with Crippen molar-refractivity contribution in [1.82, 2.24) is 0 Å². The van der Waals surface area contributed by atoms with Crippen LogP contribution in [-0.2, 0) is 6.61 Å².